The molecule has 1 fully saturated rings. The second-order valence-electron chi connectivity index (χ2n) is 4.50. The van der Waals surface area contributed by atoms with Crippen molar-refractivity contribution in [3.05, 3.63) is 30.1 Å². The van der Waals surface area contributed by atoms with Crippen molar-refractivity contribution in [1.29, 1.82) is 0 Å². The molecule has 96 valence electrons. The molecule has 2 rings (SSSR count). The van der Waals surface area contributed by atoms with Gasteiger partial charge in [0.05, 0.1) is 0 Å². The van der Waals surface area contributed by atoms with E-state index in [1.54, 1.807) is 24.5 Å². The third kappa shape index (κ3) is 3.06. The van der Waals surface area contributed by atoms with Crippen LogP contribution in [-0.4, -0.2) is 40.8 Å². The minimum atomic E-state index is -0.00564. The predicted octanol–water partition coefficient (Wildman–Crippen LogP) is 0.822. The van der Waals surface area contributed by atoms with E-state index in [4.69, 9.17) is 0 Å². The van der Waals surface area contributed by atoms with Crippen molar-refractivity contribution in [2.75, 3.05) is 13.1 Å². The number of amides is 2. The van der Waals surface area contributed by atoms with Gasteiger partial charge in [-0.15, -0.1) is 0 Å². The molecule has 0 atom stereocenters. The minimum Gasteiger partial charge on any atom is -0.353 e. The lowest BCUT2D eigenvalue weighted by molar-refractivity contribution is -0.119. The van der Waals surface area contributed by atoms with E-state index in [-0.39, 0.29) is 17.9 Å². The molecule has 0 bridgehead atoms. The Bertz CT molecular complexity index is 425. The largest absolute Gasteiger partial charge is 0.353 e. The fraction of sp³-hybridized carbons (Fsp3) is 0.462. The van der Waals surface area contributed by atoms with Crippen molar-refractivity contribution < 1.29 is 9.59 Å². The first-order valence-electron chi connectivity index (χ1n) is 6.13. The Morgan fingerprint density at radius 3 is 2.44 bits per heavy atom. The lowest BCUT2D eigenvalue weighted by Gasteiger charge is -2.32. The highest BCUT2D eigenvalue weighted by Crippen LogP contribution is 2.13. The van der Waals surface area contributed by atoms with E-state index in [2.05, 4.69) is 10.3 Å². The van der Waals surface area contributed by atoms with Crippen molar-refractivity contribution in [1.82, 2.24) is 15.2 Å². The lowest BCUT2D eigenvalue weighted by atomic mass is 10.0. The number of aromatic nitrogens is 1. The Morgan fingerprint density at radius 2 is 1.89 bits per heavy atom. The first kappa shape index (κ1) is 12.5. The molecule has 0 aromatic carbocycles. The maximum atomic E-state index is 12.1. The van der Waals surface area contributed by atoms with Gasteiger partial charge >= 0.3 is 0 Å². The summed E-state index contributed by atoms with van der Waals surface area (Å²) < 4.78 is 0. The zero-order chi connectivity index (χ0) is 13.0. The maximum absolute atomic E-state index is 12.1. The van der Waals surface area contributed by atoms with Gasteiger partial charge in [0.25, 0.3) is 5.91 Å². The molecule has 1 aromatic heterocycles. The lowest BCUT2D eigenvalue weighted by Crippen LogP contribution is -2.46. The van der Waals surface area contributed by atoms with Crippen LogP contribution < -0.4 is 5.32 Å². The monoisotopic (exact) mass is 247 g/mol. The number of nitrogens with zero attached hydrogens (tertiary/aromatic N) is 2. The smallest absolute Gasteiger partial charge is 0.253 e. The number of piperidine rings is 1. The van der Waals surface area contributed by atoms with Crippen LogP contribution in [0.4, 0.5) is 0 Å². The highest BCUT2D eigenvalue weighted by Gasteiger charge is 2.23. The molecule has 1 saturated heterocycles. The molecule has 1 aliphatic heterocycles. The molecule has 5 heteroatoms. The van der Waals surface area contributed by atoms with Gasteiger partial charge in [-0.05, 0) is 25.0 Å². The summed E-state index contributed by atoms with van der Waals surface area (Å²) in [4.78, 5) is 28.8. The van der Waals surface area contributed by atoms with Crippen LogP contribution in [0.5, 0.6) is 0 Å². The zero-order valence-corrected chi connectivity index (χ0v) is 10.4. The molecular formula is C13H17N3O2. The van der Waals surface area contributed by atoms with Gasteiger partial charge in [-0.25, -0.2) is 0 Å². The first-order valence-corrected chi connectivity index (χ1v) is 6.13. The van der Waals surface area contributed by atoms with Crippen LogP contribution in [0.25, 0.3) is 0 Å². The number of carbonyl (C=O) groups excluding carboxylic acids is 2. The average molecular weight is 247 g/mol. The molecule has 0 aliphatic carbocycles. The Labute approximate surface area is 106 Å². The number of pyridine rings is 1. The van der Waals surface area contributed by atoms with Crippen LogP contribution in [0.2, 0.25) is 0 Å². The zero-order valence-electron chi connectivity index (χ0n) is 10.4. The molecule has 1 aliphatic rings. The van der Waals surface area contributed by atoms with Crippen LogP contribution in [0, 0.1) is 0 Å². The summed E-state index contributed by atoms with van der Waals surface area (Å²) in [5.74, 6) is 0.0348. The SMILES string of the molecule is CC(=O)NC1CCN(C(=O)c2ccncc2)CC1. The van der Waals surface area contributed by atoms with Crippen molar-refractivity contribution in [2.24, 2.45) is 0 Å². The normalized spacial score (nSPS) is 16.4. The molecule has 18 heavy (non-hydrogen) atoms. The molecule has 2 heterocycles. The Morgan fingerprint density at radius 1 is 1.28 bits per heavy atom. The predicted molar refractivity (Wildman–Crippen MR) is 67.0 cm³/mol. The van der Waals surface area contributed by atoms with Gasteiger partial charge < -0.3 is 10.2 Å². The summed E-state index contributed by atoms with van der Waals surface area (Å²) >= 11 is 0. The fourth-order valence-corrected chi connectivity index (χ4v) is 2.19. The van der Waals surface area contributed by atoms with Gasteiger partial charge in [-0.1, -0.05) is 0 Å². The highest BCUT2D eigenvalue weighted by molar-refractivity contribution is 5.94. The third-order valence-corrected chi connectivity index (χ3v) is 3.12. The van der Waals surface area contributed by atoms with E-state index in [9.17, 15) is 9.59 Å². The van der Waals surface area contributed by atoms with Crippen molar-refractivity contribution in [3.63, 3.8) is 0 Å². The molecule has 5 nitrogen and oxygen atoms in total. The molecule has 0 unspecified atom stereocenters. The summed E-state index contributed by atoms with van der Waals surface area (Å²) in [6, 6.07) is 3.65. The Hall–Kier alpha value is -1.91. The van der Waals surface area contributed by atoms with Crippen molar-refractivity contribution in [2.45, 2.75) is 25.8 Å². The number of hydrogen-bond donors (Lipinski definition) is 1. The van der Waals surface area contributed by atoms with E-state index in [0.29, 0.717) is 18.7 Å². The highest BCUT2D eigenvalue weighted by atomic mass is 16.2. The Balaban J connectivity index is 1.90. The number of carbonyl (C=O) groups is 2. The number of nitrogens with one attached hydrogen (secondary N) is 1. The summed E-state index contributed by atoms with van der Waals surface area (Å²) in [6.07, 6.45) is 4.88. The second-order valence-corrected chi connectivity index (χ2v) is 4.50. The molecule has 0 saturated carbocycles. The topological polar surface area (TPSA) is 62.3 Å². The molecule has 1 N–H and O–H groups in total. The first-order chi connectivity index (χ1) is 8.66. The minimum absolute atomic E-state index is 0.00564. The molecule has 2 amide bonds. The van der Waals surface area contributed by atoms with E-state index in [1.807, 2.05) is 4.90 Å². The van der Waals surface area contributed by atoms with Gasteiger partial charge in [0.15, 0.2) is 0 Å². The van der Waals surface area contributed by atoms with Gasteiger partial charge in [0, 0.05) is 44.0 Å². The average Bonchev–Trinajstić information content (AvgIpc) is 2.39. The molecular weight excluding hydrogens is 230 g/mol. The second kappa shape index (κ2) is 5.62. The van der Waals surface area contributed by atoms with E-state index < -0.39 is 0 Å². The van der Waals surface area contributed by atoms with E-state index >= 15 is 0 Å². The summed E-state index contributed by atoms with van der Waals surface area (Å²) in [5.41, 5.74) is 0.669. The van der Waals surface area contributed by atoms with Crippen molar-refractivity contribution in [3.8, 4) is 0 Å². The number of likely N-dealkylation sites (tertiary alicyclic amines) is 1. The molecule has 1 aromatic rings. The quantitative estimate of drug-likeness (QED) is 0.841. The summed E-state index contributed by atoms with van der Waals surface area (Å²) in [5, 5.41) is 2.89. The van der Waals surface area contributed by atoms with Crippen LogP contribution in [-0.2, 0) is 4.79 Å². The summed E-state index contributed by atoms with van der Waals surface area (Å²) in [6.45, 7) is 2.90. The van der Waals surface area contributed by atoms with E-state index in [1.165, 1.54) is 6.92 Å². The summed E-state index contributed by atoms with van der Waals surface area (Å²) in [7, 11) is 0. The van der Waals surface area contributed by atoms with Gasteiger partial charge in [-0.3, -0.25) is 14.6 Å². The number of rotatable bonds is 2. The molecule has 0 spiro atoms. The van der Waals surface area contributed by atoms with Gasteiger partial charge in [-0.2, -0.15) is 0 Å². The Kier molecular flexibility index (Phi) is 3.92. The van der Waals surface area contributed by atoms with Crippen LogP contribution in [0.3, 0.4) is 0 Å². The van der Waals surface area contributed by atoms with Crippen LogP contribution in [0.15, 0.2) is 24.5 Å². The molecule has 0 radical (unpaired) electrons. The van der Waals surface area contributed by atoms with Crippen molar-refractivity contribution >= 4 is 11.8 Å². The number of hydrogen-bond acceptors (Lipinski definition) is 3. The maximum Gasteiger partial charge on any atom is 0.253 e. The fourth-order valence-electron chi connectivity index (χ4n) is 2.19. The third-order valence-electron chi connectivity index (χ3n) is 3.12. The standard InChI is InChI=1S/C13H17N3O2/c1-10(17)15-12-4-8-16(9-5-12)13(18)11-2-6-14-7-3-11/h2-3,6-7,12H,4-5,8-9H2,1H3,(H,15,17). The van der Waals surface area contributed by atoms with E-state index in [0.717, 1.165) is 12.8 Å². The van der Waals surface area contributed by atoms with Gasteiger partial charge in [0.1, 0.15) is 0 Å². The van der Waals surface area contributed by atoms with Crippen LogP contribution in [0.1, 0.15) is 30.1 Å². The van der Waals surface area contributed by atoms with Crippen LogP contribution >= 0.6 is 0 Å². The van der Waals surface area contributed by atoms with Gasteiger partial charge in [0.2, 0.25) is 5.91 Å².